The predicted molar refractivity (Wildman–Crippen MR) is 74.4 cm³/mol. The van der Waals surface area contributed by atoms with Gasteiger partial charge in [0.15, 0.2) is 0 Å². The van der Waals surface area contributed by atoms with E-state index in [9.17, 15) is 4.79 Å². The van der Waals surface area contributed by atoms with Crippen LogP contribution in [0.2, 0.25) is 5.02 Å². The Balaban J connectivity index is 1.59. The molecule has 1 aliphatic rings. The van der Waals surface area contributed by atoms with Crippen molar-refractivity contribution < 1.29 is 9.53 Å². The molecule has 1 fully saturated rings. The van der Waals surface area contributed by atoms with Gasteiger partial charge in [0.25, 0.3) is 5.91 Å². The maximum atomic E-state index is 11.7. The number of aromatic nitrogens is 1. The van der Waals surface area contributed by atoms with Gasteiger partial charge in [-0.3, -0.25) is 4.79 Å². The van der Waals surface area contributed by atoms with Crippen LogP contribution < -0.4 is 5.32 Å². The Morgan fingerprint density at radius 2 is 2.37 bits per heavy atom. The number of unbranched alkanes of at least 4 members (excludes halogenated alkanes) is 1. The fraction of sp³-hybridized carbons (Fsp3) is 0.571. The lowest BCUT2D eigenvalue weighted by atomic mass is 10.1. The van der Waals surface area contributed by atoms with Crippen molar-refractivity contribution in [2.24, 2.45) is 0 Å². The summed E-state index contributed by atoms with van der Waals surface area (Å²) in [7, 11) is 0. The number of nitrogens with zero attached hydrogens (tertiary/aromatic N) is 1. The van der Waals surface area contributed by atoms with Crippen molar-refractivity contribution in [3.05, 3.63) is 29.0 Å². The van der Waals surface area contributed by atoms with Crippen molar-refractivity contribution in [3.63, 3.8) is 0 Å². The summed E-state index contributed by atoms with van der Waals surface area (Å²) in [5, 5.41) is 3.39. The van der Waals surface area contributed by atoms with Gasteiger partial charge >= 0.3 is 0 Å². The third-order valence-corrected chi connectivity index (χ3v) is 3.45. The van der Waals surface area contributed by atoms with Crippen LogP contribution in [-0.2, 0) is 4.74 Å². The highest BCUT2D eigenvalue weighted by atomic mass is 35.5. The number of amides is 1. The Morgan fingerprint density at radius 3 is 3.05 bits per heavy atom. The smallest absolute Gasteiger partial charge is 0.269 e. The van der Waals surface area contributed by atoms with Gasteiger partial charge in [0.2, 0.25) is 0 Å². The van der Waals surface area contributed by atoms with Gasteiger partial charge in [-0.25, -0.2) is 4.98 Å². The molecule has 0 bridgehead atoms. The van der Waals surface area contributed by atoms with Crippen LogP contribution in [0.4, 0.5) is 0 Å². The fourth-order valence-electron chi connectivity index (χ4n) is 2.17. The maximum absolute atomic E-state index is 11.7. The average Bonchev–Trinajstić information content (AvgIpc) is 2.92. The molecule has 1 aromatic heterocycles. The molecule has 5 heteroatoms. The largest absolute Gasteiger partial charge is 0.378 e. The molecule has 0 spiro atoms. The highest BCUT2D eigenvalue weighted by Gasteiger charge is 2.14. The minimum absolute atomic E-state index is 0.145. The van der Waals surface area contributed by atoms with Crippen molar-refractivity contribution in [1.29, 1.82) is 0 Å². The van der Waals surface area contributed by atoms with E-state index in [0.717, 1.165) is 25.9 Å². The van der Waals surface area contributed by atoms with Crippen molar-refractivity contribution in [3.8, 4) is 0 Å². The van der Waals surface area contributed by atoms with Crippen LogP contribution in [0.5, 0.6) is 0 Å². The zero-order valence-electron chi connectivity index (χ0n) is 10.9. The molecule has 19 heavy (non-hydrogen) atoms. The number of hydrogen-bond donors (Lipinski definition) is 1. The van der Waals surface area contributed by atoms with Gasteiger partial charge in [-0.05, 0) is 44.2 Å². The zero-order valence-corrected chi connectivity index (χ0v) is 11.7. The first kappa shape index (κ1) is 14.3. The number of carbonyl (C=O) groups excluding carboxylic acids is 1. The Morgan fingerprint density at radius 1 is 1.47 bits per heavy atom. The van der Waals surface area contributed by atoms with E-state index in [1.807, 2.05) is 0 Å². The summed E-state index contributed by atoms with van der Waals surface area (Å²) in [6, 6.07) is 3.30. The monoisotopic (exact) mass is 282 g/mol. The molecular formula is C14H19ClN2O2. The fourth-order valence-corrected chi connectivity index (χ4v) is 2.28. The van der Waals surface area contributed by atoms with E-state index in [0.29, 0.717) is 23.4 Å². The summed E-state index contributed by atoms with van der Waals surface area (Å²) in [5.41, 5.74) is 0.406. The molecule has 0 aliphatic carbocycles. The summed E-state index contributed by atoms with van der Waals surface area (Å²) in [4.78, 5) is 15.7. The van der Waals surface area contributed by atoms with Gasteiger partial charge in [0.05, 0.1) is 11.1 Å². The van der Waals surface area contributed by atoms with Crippen molar-refractivity contribution in [1.82, 2.24) is 10.3 Å². The second-order valence-electron chi connectivity index (χ2n) is 4.75. The summed E-state index contributed by atoms with van der Waals surface area (Å²) in [5.74, 6) is -0.145. The summed E-state index contributed by atoms with van der Waals surface area (Å²) < 4.78 is 5.55. The molecule has 1 atom stereocenters. The van der Waals surface area contributed by atoms with Gasteiger partial charge in [-0.15, -0.1) is 0 Å². The Kier molecular flexibility index (Phi) is 5.61. The molecule has 1 saturated heterocycles. The normalized spacial score (nSPS) is 18.5. The Hall–Kier alpha value is -1.13. The standard InChI is InChI=1S/C14H19ClN2O2/c15-11-6-7-13(17-10-11)14(18)16-8-2-1-4-12-5-3-9-19-12/h6-7,10,12H,1-5,8-9H2,(H,16,18). The first-order valence-corrected chi connectivity index (χ1v) is 7.15. The Bertz CT molecular complexity index is 402. The highest BCUT2D eigenvalue weighted by Crippen LogP contribution is 2.17. The predicted octanol–water partition coefficient (Wildman–Crippen LogP) is 2.81. The molecule has 1 N–H and O–H groups in total. The molecular weight excluding hydrogens is 264 g/mol. The van der Waals surface area contributed by atoms with Gasteiger partial charge in [-0.1, -0.05) is 11.6 Å². The zero-order chi connectivity index (χ0) is 13.5. The summed E-state index contributed by atoms with van der Waals surface area (Å²) in [6.45, 7) is 1.58. The lowest BCUT2D eigenvalue weighted by molar-refractivity contribution is 0.0942. The van der Waals surface area contributed by atoms with Crippen molar-refractivity contribution in [2.45, 2.75) is 38.2 Å². The van der Waals surface area contributed by atoms with E-state index in [4.69, 9.17) is 16.3 Å². The summed E-state index contributed by atoms with van der Waals surface area (Å²) in [6.07, 6.45) is 7.43. The van der Waals surface area contributed by atoms with E-state index in [-0.39, 0.29) is 5.91 Å². The lowest BCUT2D eigenvalue weighted by Crippen LogP contribution is -2.25. The number of halogens is 1. The van der Waals surface area contributed by atoms with Crippen LogP contribution in [0.15, 0.2) is 18.3 Å². The molecule has 4 nitrogen and oxygen atoms in total. The second-order valence-corrected chi connectivity index (χ2v) is 5.18. The molecule has 1 aromatic rings. The number of ether oxygens (including phenoxy) is 1. The minimum atomic E-state index is -0.145. The number of rotatable bonds is 6. The van der Waals surface area contributed by atoms with E-state index < -0.39 is 0 Å². The Labute approximate surface area is 118 Å². The van der Waals surface area contributed by atoms with Gasteiger partial charge < -0.3 is 10.1 Å². The van der Waals surface area contributed by atoms with Crippen molar-refractivity contribution in [2.75, 3.05) is 13.2 Å². The van der Waals surface area contributed by atoms with E-state index >= 15 is 0 Å². The molecule has 0 radical (unpaired) electrons. The molecule has 1 amide bonds. The van der Waals surface area contributed by atoms with Gasteiger partial charge in [0.1, 0.15) is 5.69 Å². The van der Waals surface area contributed by atoms with Crippen LogP contribution in [0.1, 0.15) is 42.6 Å². The third kappa shape index (κ3) is 4.80. The number of carbonyl (C=O) groups is 1. The van der Waals surface area contributed by atoms with Crippen LogP contribution in [-0.4, -0.2) is 30.1 Å². The quantitative estimate of drug-likeness (QED) is 0.816. The molecule has 104 valence electrons. The molecule has 1 aliphatic heterocycles. The van der Waals surface area contributed by atoms with Crippen molar-refractivity contribution >= 4 is 17.5 Å². The topological polar surface area (TPSA) is 51.2 Å². The SMILES string of the molecule is O=C(NCCCCC1CCCO1)c1ccc(Cl)cn1. The van der Waals surface area contributed by atoms with Gasteiger partial charge in [-0.2, -0.15) is 0 Å². The van der Waals surface area contributed by atoms with E-state index in [2.05, 4.69) is 10.3 Å². The van der Waals surface area contributed by atoms with Gasteiger partial charge in [0, 0.05) is 19.3 Å². The third-order valence-electron chi connectivity index (χ3n) is 3.22. The van der Waals surface area contributed by atoms with Crippen LogP contribution in [0.3, 0.4) is 0 Å². The average molecular weight is 283 g/mol. The summed E-state index contributed by atoms with van der Waals surface area (Å²) >= 11 is 5.72. The molecule has 0 aromatic carbocycles. The highest BCUT2D eigenvalue weighted by molar-refractivity contribution is 6.30. The maximum Gasteiger partial charge on any atom is 0.269 e. The lowest BCUT2D eigenvalue weighted by Gasteiger charge is -2.09. The van der Waals surface area contributed by atoms with Crippen LogP contribution in [0, 0.1) is 0 Å². The number of hydrogen-bond acceptors (Lipinski definition) is 3. The number of nitrogens with one attached hydrogen (secondary N) is 1. The number of pyridine rings is 1. The minimum Gasteiger partial charge on any atom is -0.378 e. The molecule has 2 rings (SSSR count). The molecule has 0 saturated carbocycles. The molecule has 1 unspecified atom stereocenters. The van der Waals surface area contributed by atoms with E-state index in [1.165, 1.54) is 19.0 Å². The van der Waals surface area contributed by atoms with E-state index in [1.54, 1.807) is 12.1 Å². The molecule has 2 heterocycles. The first-order valence-electron chi connectivity index (χ1n) is 6.77. The van der Waals surface area contributed by atoms with Crippen LogP contribution >= 0.6 is 11.6 Å². The first-order chi connectivity index (χ1) is 9.25. The van der Waals surface area contributed by atoms with Crippen LogP contribution in [0.25, 0.3) is 0 Å². The second kappa shape index (κ2) is 7.46.